The quantitative estimate of drug-likeness (QED) is 0.322. The number of hydrogen-bond acceptors (Lipinski definition) is 3. The second-order valence-electron chi connectivity index (χ2n) is 6.76. The van der Waals surface area contributed by atoms with Crippen LogP contribution >= 0.6 is 15.9 Å². The largest absolute Gasteiger partial charge is 0.272 e. The van der Waals surface area contributed by atoms with Crippen molar-refractivity contribution in [2.24, 2.45) is 5.10 Å². The van der Waals surface area contributed by atoms with E-state index in [9.17, 15) is 4.79 Å². The van der Waals surface area contributed by atoms with Crippen molar-refractivity contribution in [3.05, 3.63) is 106 Å². The molecular weight excluding hydrogens is 440 g/mol. The molecule has 0 aliphatic heterocycles. The molecule has 0 atom stereocenters. The van der Waals surface area contributed by atoms with Gasteiger partial charge in [0.25, 0.3) is 5.91 Å². The Hall–Kier alpha value is -3.51. The Balaban J connectivity index is 1.65. The lowest BCUT2D eigenvalue weighted by molar-refractivity contribution is 0.0954. The molecule has 0 saturated carbocycles. The minimum atomic E-state index is -0.286. The summed E-state index contributed by atoms with van der Waals surface area (Å²) >= 11 is 3.38. The molecule has 0 bridgehead atoms. The summed E-state index contributed by atoms with van der Waals surface area (Å²) in [4.78, 5) is 12.4. The van der Waals surface area contributed by atoms with E-state index in [-0.39, 0.29) is 5.91 Å². The molecule has 148 valence electrons. The Morgan fingerprint density at radius 2 is 1.70 bits per heavy atom. The lowest BCUT2D eigenvalue weighted by atomic mass is 10.1. The van der Waals surface area contributed by atoms with Gasteiger partial charge in [0.05, 0.1) is 17.5 Å². The summed E-state index contributed by atoms with van der Waals surface area (Å²) in [6, 6.07) is 25.3. The van der Waals surface area contributed by atoms with Crippen molar-refractivity contribution in [3.63, 3.8) is 0 Å². The van der Waals surface area contributed by atoms with Gasteiger partial charge in [-0.2, -0.15) is 10.2 Å². The van der Waals surface area contributed by atoms with Crippen LogP contribution in [0.3, 0.4) is 0 Å². The number of benzene rings is 3. The summed E-state index contributed by atoms with van der Waals surface area (Å²) in [5.41, 5.74) is 7.81. The lowest BCUT2D eigenvalue weighted by Gasteiger charge is -2.02. The normalized spacial score (nSPS) is 11.0. The van der Waals surface area contributed by atoms with Gasteiger partial charge in [0.2, 0.25) is 0 Å². The van der Waals surface area contributed by atoms with E-state index in [1.807, 2.05) is 90.6 Å². The van der Waals surface area contributed by atoms with Crippen molar-refractivity contribution in [2.45, 2.75) is 6.92 Å². The molecule has 0 aliphatic rings. The van der Waals surface area contributed by atoms with E-state index in [0.29, 0.717) is 5.56 Å². The van der Waals surface area contributed by atoms with Crippen molar-refractivity contribution in [1.29, 1.82) is 0 Å². The van der Waals surface area contributed by atoms with Crippen LogP contribution < -0.4 is 5.43 Å². The molecule has 0 saturated heterocycles. The highest BCUT2D eigenvalue weighted by atomic mass is 79.9. The third kappa shape index (κ3) is 4.39. The molecular formula is C24H19BrN4O. The summed E-state index contributed by atoms with van der Waals surface area (Å²) in [7, 11) is 0. The number of nitrogens with one attached hydrogen (secondary N) is 1. The smallest absolute Gasteiger partial charge is 0.267 e. The molecule has 30 heavy (non-hydrogen) atoms. The van der Waals surface area contributed by atoms with Gasteiger partial charge >= 0.3 is 0 Å². The number of hydrazone groups is 1. The standard InChI is InChI=1S/C24H19BrN4O/c1-17-11-13-18(14-12-17)23-19(16-29(28-23)20-7-3-2-4-8-20)15-26-27-24(30)21-9-5-6-10-22(21)25/h2-16H,1H3,(H,27,30)/b26-15+. The molecule has 6 heteroatoms. The maximum atomic E-state index is 12.4. The van der Waals surface area contributed by atoms with E-state index >= 15 is 0 Å². The van der Waals surface area contributed by atoms with Crippen molar-refractivity contribution in [1.82, 2.24) is 15.2 Å². The number of nitrogens with zero attached hydrogens (tertiary/aromatic N) is 3. The number of rotatable bonds is 5. The zero-order valence-corrected chi connectivity index (χ0v) is 17.9. The first kappa shape index (κ1) is 19.8. The molecule has 1 amide bonds. The Labute approximate surface area is 183 Å². The molecule has 1 heterocycles. The van der Waals surface area contributed by atoms with Gasteiger partial charge in [0.1, 0.15) is 5.69 Å². The predicted molar refractivity (Wildman–Crippen MR) is 123 cm³/mol. The summed E-state index contributed by atoms with van der Waals surface area (Å²) in [5.74, 6) is -0.286. The molecule has 4 aromatic rings. The predicted octanol–water partition coefficient (Wildman–Crippen LogP) is 5.37. The maximum absolute atomic E-state index is 12.4. The zero-order chi connectivity index (χ0) is 20.9. The van der Waals surface area contributed by atoms with Crippen molar-refractivity contribution in [3.8, 4) is 16.9 Å². The van der Waals surface area contributed by atoms with Crippen LogP contribution in [0.15, 0.2) is 94.6 Å². The van der Waals surface area contributed by atoms with Gasteiger partial charge in [-0.1, -0.05) is 60.2 Å². The average Bonchev–Trinajstić information content (AvgIpc) is 3.19. The van der Waals surface area contributed by atoms with Crippen LogP contribution in [0, 0.1) is 6.92 Å². The fourth-order valence-corrected chi connectivity index (χ4v) is 3.46. The molecule has 0 fully saturated rings. The third-order valence-corrected chi connectivity index (χ3v) is 5.27. The number of carbonyl (C=O) groups is 1. The number of carbonyl (C=O) groups excluding carboxylic acids is 1. The summed E-state index contributed by atoms with van der Waals surface area (Å²) < 4.78 is 2.53. The molecule has 5 nitrogen and oxygen atoms in total. The lowest BCUT2D eigenvalue weighted by Crippen LogP contribution is -2.18. The van der Waals surface area contributed by atoms with Crippen LogP contribution in [-0.4, -0.2) is 21.9 Å². The number of aromatic nitrogens is 2. The highest BCUT2D eigenvalue weighted by Gasteiger charge is 2.12. The molecule has 4 rings (SSSR count). The topological polar surface area (TPSA) is 59.3 Å². The second-order valence-corrected chi connectivity index (χ2v) is 7.61. The van der Waals surface area contributed by atoms with E-state index < -0.39 is 0 Å². The third-order valence-electron chi connectivity index (χ3n) is 4.58. The summed E-state index contributed by atoms with van der Waals surface area (Å²) in [6.07, 6.45) is 3.52. The van der Waals surface area contributed by atoms with Gasteiger partial charge < -0.3 is 0 Å². The minimum absolute atomic E-state index is 0.286. The zero-order valence-electron chi connectivity index (χ0n) is 16.3. The summed E-state index contributed by atoms with van der Waals surface area (Å²) in [5, 5.41) is 8.93. The Bertz CT molecular complexity index is 1200. The maximum Gasteiger partial charge on any atom is 0.272 e. The fourth-order valence-electron chi connectivity index (χ4n) is 3.00. The highest BCUT2D eigenvalue weighted by Crippen LogP contribution is 2.23. The van der Waals surface area contributed by atoms with Gasteiger partial charge in [0, 0.05) is 21.8 Å². The molecule has 0 aliphatic carbocycles. The molecule has 0 radical (unpaired) electrons. The van der Waals surface area contributed by atoms with Gasteiger partial charge in [0.15, 0.2) is 0 Å². The first-order valence-corrected chi connectivity index (χ1v) is 10.2. The van der Waals surface area contributed by atoms with Crippen LogP contribution in [0.5, 0.6) is 0 Å². The van der Waals surface area contributed by atoms with E-state index in [1.165, 1.54) is 5.56 Å². The Kier molecular flexibility index (Phi) is 5.86. The minimum Gasteiger partial charge on any atom is -0.267 e. The van der Waals surface area contributed by atoms with Gasteiger partial charge in [-0.25, -0.2) is 10.1 Å². The van der Waals surface area contributed by atoms with Gasteiger partial charge in [-0.15, -0.1) is 0 Å². The van der Waals surface area contributed by atoms with Crippen molar-refractivity contribution in [2.75, 3.05) is 0 Å². The van der Waals surface area contributed by atoms with Crippen LogP contribution in [0.4, 0.5) is 0 Å². The molecule has 1 N–H and O–H groups in total. The first-order valence-electron chi connectivity index (χ1n) is 9.42. The van der Waals surface area contributed by atoms with E-state index in [4.69, 9.17) is 5.10 Å². The van der Waals surface area contributed by atoms with Crippen LogP contribution in [-0.2, 0) is 0 Å². The monoisotopic (exact) mass is 458 g/mol. The first-order chi connectivity index (χ1) is 14.6. The van der Waals surface area contributed by atoms with Gasteiger partial charge in [-0.3, -0.25) is 4.79 Å². The van der Waals surface area contributed by atoms with Gasteiger partial charge in [-0.05, 0) is 47.1 Å². The highest BCUT2D eigenvalue weighted by molar-refractivity contribution is 9.10. The van der Waals surface area contributed by atoms with Crippen molar-refractivity contribution < 1.29 is 4.79 Å². The molecule has 0 spiro atoms. The molecule has 3 aromatic carbocycles. The Morgan fingerprint density at radius 3 is 2.43 bits per heavy atom. The van der Waals surface area contributed by atoms with E-state index in [0.717, 1.165) is 27.0 Å². The molecule has 1 aromatic heterocycles. The van der Waals surface area contributed by atoms with Crippen LogP contribution in [0.25, 0.3) is 16.9 Å². The number of halogens is 1. The number of para-hydroxylation sites is 1. The van der Waals surface area contributed by atoms with Crippen LogP contribution in [0.1, 0.15) is 21.5 Å². The Morgan fingerprint density at radius 1 is 1.00 bits per heavy atom. The van der Waals surface area contributed by atoms with Crippen molar-refractivity contribution >= 4 is 28.1 Å². The number of aryl methyl sites for hydroxylation is 1. The summed E-state index contributed by atoms with van der Waals surface area (Å²) in [6.45, 7) is 2.05. The average molecular weight is 459 g/mol. The van der Waals surface area contributed by atoms with E-state index in [2.05, 4.69) is 26.5 Å². The van der Waals surface area contributed by atoms with Crippen LogP contribution in [0.2, 0.25) is 0 Å². The SMILES string of the molecule is Cc1ccc(-c2nn(-c3ccccc3)cc2/C=N/NC(=O)c2ccccc2Br)cc1. The fraction of sp³-hybridized carbons (Fsp3) is 0.0417. The number of amides is 1. The number of hydrogen-bond donors (Lipinski definition) is 1. The second kappa shape index (κ2) is 8.88. The molecule has 0 unspecified atom stereocenters. The van der Waals surface area contributed by atoms with E-state index in [1.54, 1.807) is 12.3 Å².